The average Bonchev–Trinajstić information content (AvgIpc) is 2.44. The van der Waals surface area contributed by atoms with E-state index in [1.54, 1.807) is 0 Å². The van der Waals surface area contributed by atoms with Crippen molar-refractivity contribution >= 4 is 23.4 Å². The molecule has 0 saturated carbocycles. The largest absolute Gasteiger partial charge is 0.366 e. The molecule has 0 aromatic heterocycles. The van der Waals surface area contributed by atoms with Crippen LogP contribution in [0.1, 0.15) is 28.8 Å². The van der Waals surface area contributed by atoms with E-state index in [4.69, 9.17) is 5.73 Å². The quantitative estimate of drug-likeness (QED) is 0.764. The van der Waals surface area contributed by atoms with Gasteiger partial charge >= 0.3 is 0 Å². The molecule has 112 valence electrons. The highest BCUT2D eigenvalue weighted by molar-refractivity contribution is 5.98. The molecule has 7 heteroatoms. The van der Waals surface area contributed by atoms with Crippen molar-refractivity contribution in [2.24, 2.45) is 11.7 Å². The van der Waals surface area contributed by atoms with Crippen molar-refractivity contribution in [1.82, 2.24) is 5.32 Å². The first kappa shape index (κ1) is 15.0. The number of hydrogen-bond acceptors (Lipinski definition) is 3. The lowest BCUT2D eigenvalue weighted by molar-refractivity contribution is -0.126. The zero-order chi connectivity index (χ0) is 15.6. The fourth-order valence-electron chi connectivity index (χ4n) is 2.14. The van der Waals surface area contributed by atoms with Crippen LogP contribution in [0.5, 0.6) is 0 Å². The molecule has 21 heavy (non-hydrogen) atoms. The third kappa shape index (κ3) is 3.36. The summed E-state index contributed by atoms with van der Waals surface area (Å²) in [7, 11) is 0. The zero-order valence-electron chi connectivity index (χ0n) is 11.5. The summed E-state index contributed by atoms with van der Waals surface area (Å²) in [6.07, 6.45) is 0.724. The maximum atomic E-state index is 13.7. The number of piperidine rings is 1. The number of anilines is 1. The molecule has 1 heterocycles. The number of nitrogens with one attached hydrogen (secondary N) is 2. The van der Waals surface area contributed by atoms with E-state index < -0.39 is 11.7 Å². The molecular weight excluding hydrogens is 277 g/mol. The maximum absolute atomic E-state index is 13.7. The number of amides is 3. The van der Waals surface area contributed by atoms with Crippen LogP contribution in [-0.4, -0.2) is 24.3 Å². The summed E-state index contributed by atoms with van der Waals surface area (Å²) in [5, 5.41) is 5.20. The molecule has 1 aliphatic rings. The number of primary amides is 1. The molecule has 1 atom stereocenters. The van der Waals surface area contributed by atoms with Crippen molar-refractivity contribution in [3.63, 3.8) is 0 Å². The molecule has 1 fully saturated rings. The van der Waals surface area contributed by atoms with Crippen molar-refractivity contribution in [2.75, 3.05) is 11.9 Å². The van der Waals surface area contributed by atoms with Gasteiger partial charge in [0.25, 0.3) is 0 Å². The highest BCUT2D eigenvalue weighted by atomic mass is 19.1. The minimum absolute atomic E-state index is 0.00894. The molecule has 4 N–H and O–H groups in total. The highest BCUT2D eigenvalue weighted by Gasteiger charge is 2.25. The van der Waals surface area contributed by atoms with E-state index in [1.165, 1.54) is 13.0 Å². The second-order valence-electron chi connectivity index (χ2n) is 5.02. The monoisotopic (exact) mass is 293 g/mol. The van der Waals surface area contributed by atoms with Gasteiger partial charge in [-0.2, -0.15) is 0 Å². The second-order valence-corrected chi connectivity index (χ2v) is 5.02. The number of hydrogen-bond donors (Lipinski definition) is 3. The molecule has 1 aromatic rings. The first-order valence-corrected chi connectivity index (χ1v) is 6.56. The third-order valence-corrected chi connectivity index (χ3v) is 3.52. The molecule has 0 aliphatic carbocycles. The standard InChI is InChI=1S/C14H16FN3O3/c1-7-10(15)4-9(13(16)20)5-11(7)18-14(21)8-2-3-12(19)17-6-8/h4-5,8H,2-3,6H2,1H3,(H2,16,20)(H,17,19)(H,18,21). The first-order chi connectivity index (χ1) is 9.88. The normalized spacial score (nSPS) is 18.0. The number of nitrogens with two attached hydrogens (primary N) is 1. The van der Waals surface area contributed by atoms with Crippen LogP contribution in [0.25, 0.3) is 0 Å². The molecular formula is C14H16FN3O3. The van der Waals surface area contributed by atoms with E-state index >= 15 is 0 Å². The smallest absolute Gasteiger partial charge is 0.248 e. The predicted octanol–water partition coefficient (Wildman–Crippen LogP) is 0.698. The van der Waals surface area contributed by atoms with Gasteiger partial charge in [-0.05, 0) is 25.5 Å². The van der Waals surface area contributed by atoms with Crippen LogP contribution in [0.4, 0.5) is 10.1 Å². The van der Waals surface area contributed by atoms with Crippen LogP contribution >= 0.6 is 0 Å². The summed E-state index contributed by atoms with van der Waals surface area (Å²) in [6.45, 7) is 1.75. The van der Waals surface area contributed by atoms with Crippen molar-refractivity contribution < 1.29 is 18.8 Å². The number of carbonyl (C=O) groups is 3. The summed E-state index contributed by atoms with van der Waals surface area (Å²) < 4.78 is 13.7. The Balaban J connectivity index is 2.17. The van der Waals surface area contributed by atoms with Gasteiger partial charge in [-0.25, -0.2) is 4.39 Å². The van der Waals surface area contributed by atoms with Crippen LogP contribution in [-0.2, 0) is 9.59 Å². The Morgan fingerprint density at radius 1 is 1.43 bits per heavy atom. The SMILES string of the molecule is Cc1c(F)cc(C(N)=O)cc1NC(=O)C1CCC(=O)NC1. The Morgan fingerprint density at radius 2 is 2.14 bits per heavy atom. The number of benzene rings is 1. The number of rotatable bonds is 3. The topological polar surface area (TPSA) is 101 Å². The minimum atomic E-state index is -0.769. The molecule has 0 spiro atoms. The third-order valence-electron chi connectivity index (χ3n) is 3.52. The van der Waals surface area contributed by atoms with E-state index in [0.29, 0.717) is 6.42 Å². The van der Waals surface area contributed by atoms with Crippen molar-refractivity contribution in [3.05, 3.63) is 29.1 Å². The zero-order valence-corrected chi connectivity index (χ0v) is 11.5. The summed E-state index contributed by atoms with van der Waals surface area (Å²) >= 11 is 0. The summed E-state index contributed by atoms with van der Waals surface area (Å²) in [6, 6.07) is 2.38. The van der Waals surface area contributed by atoms with Gasteiger partial charge in [-0.3, -0.25) is 14.4 Å². The van der Waals surface area contributed by atoms with Crippen LogP contribution in [0.3, 0.4) is 0 Å². The van der Waals surface area contributed by atoms with Gasteiger partial charge in [0.2, 0.25) is 17.7 Å². The highest BCUT2D eigenvalue weighted by Crippen LogP contribution is 2.22. The van der Waals surface area contributed by atoms with E-state index in [-0.39, 0.29) is 47.5 Å². The summed E-state index contributed by atoms with van der Waals surface area (Å²) in [5.74, 6) is -2.16. The van der Waals surface area contributed by atoms with E-state index in [1.807, 2.05) is 0 Å². The lowest BCUT2D eigenvalue weighted by Gasteiger charge is -2.22. The Labute approximate surface area is 120 Å². The molecule has 0 bridgehead atoms. The molecule has 2 rings (SSSR count). The van der Waals surface area contributed by atoms with Crippen LogP contribution in [0.2, 0.25) is 0 Å². The van der Waals surface area contributed by atoms with Gasteiger partial charge in [0.1, 0.15) is 5.82 Å². The Hall–Kier alpha value is -2.44. The molecule has 0 radical (unpaired) electrons. The molecule has 1 saturated heterocycles. The summed E-state index contributed by atoms with van der Waals surface area (Å²) in [5.41, 5.74) is 5.56. The molecule has 3 amide bonds. The Bertz CT molecular complexity index is 606. The van der Waals surface area contributed by atoms with Crippen LogP contribution in [0, 0.1) is 18.7 Å². The van der Waals surface area contributed by atoms with Gasteiger partial charge < -0.3 is 16.4 Å². The van der Waals surface area contributed by atoms with Crippen LogP contribution < -0.4 is 16.4 Å². The first-order valence-electron chi connectivity index (χ1n) is 6.56. The lowest BCUT2D eigenvalue weighted by atomic mass is 9.98. The minimum Gasteiger partial charge on any atom is -0.366 e. The fraction of sp³-hybridized carbons (Fsp3) is 0.357. The fourth-order valence-corrected chi connectivity index (χ4v) is 2.14. The Morgan fingerprint density at radius 3 is 2.71 bits per heavy atom. The average molecular weight is 293 g/mol. The molecule has 6 nitrogen and oxygen atoms in total. The van der Waals surface area contributed by atoms with E-state index in [9.17, 15) is 18.8 Å². The van der Waals surface area contributed by atoms with Crippen LogP contribution in [0.15, 0.2) is 12.1 Å². The molecule has 1 aromatic carbocycles. The lowest BCUT2D eigenvalue weighted by Crippen LogP contribution is -2.40. The van der Waals surface area contributed by atoms with E-state index in [2.05, 4.69) is 10.6 Å². The number of carbonyl (C=O) groups excluding carboxylic acids is 3. The second kappa shape index (κ2) is 5.90. The van der Waals surface area contributed by atoms with Crippen molar-refractivity contribution in [1.29, 1.82) is 0 Å². The van der Waals surface area contributed by atoms with Gasteiger partial charge in [-0.15, -0.1) is 0 Å². The van der Waals surface area contributed by atoms with Gasteiger partial charge in [0.15, 0.2) is 0 Å². The van der Waals surface area contributed by atoms with Gasteiger partial charge in [0.05, 0.1) is 5.92 Å². The number of halogens is 1. The molecule has 1 unspecified atom stereocenters. The molecule has 1 aliphatic heterocycles. The van der Waals surface area contributed by atoms with Crippen molar-refractivity contribution in [2.45, 2.75) is 19.8 Å². The predicted molar refractivity (Wildman–Crippen MR) is 74.0 cm³/mol. The van der Waals surface area contributed by atoms with E-state index in [0.717, 1.165) is 6.07 Å². The van der Waals surface area contributed by atoms with Crippen molar-refractivity contribution in [3.8, 4) is 0 Å². The maximum Gasteiger partial charge on any atom is 0.248 e. The van der Waals surface area contributed by atoms with Gasteiger partial charge in [0, 0.05) is 29.8 Å². The van der Waals surface area contributed by atoms with Gasteiger partial charge in [-0.1, -0.05) is 0 Å². The Kier molecular flexibility index (Phi) is 4.21. The summed E-state index contributed by atoms with van der Waals surface area (Å²) in [4.78, 5) is 34.3.